The second-order valence-corrected chi connectivity index (χ2v) is 4.47. The number of anilines is 1. The molecule has 0 spiro atoms. The van der Waals surface area contributed by atoms with Gasteiger partial charge in [0, 0.05) is 31.4 Å². The number of carbonyl (C=O) groups excluding carboxylic acids is 2. The third-order valence-corrected chi connectivity index (χ3v) is 2.72. The highest BCUT2D eigenvalue weighted by atomic mass is 16.2. The topological polar surface area (TPSA) is 62.3 Å². The van der Waals surface area contributed by atoms with Gasteiger partial charge in [0.2, 0.25) is 0 Å². The van der Waals surface area contributed by atoms with Crippen molar-refractivity contribution in [2.24, 2.45) is 0 Å². The zero-order valence-electron chi connectivity index (χ0n) is 11.3. The van der Waals surface area contributed by atoms with Crippen LogP contribution in [0.3, 0.4) is 0 Å². The number of hydrogen-bond acceptors (Lipinski definition) is 3. The molecule has 5 heteroatoms. The average molecular weight is 269 g/mol. The maximum atomic E-state index is 12.0. The van der Waals surface area contributed by atoms with E-state index < -0.39 is 0 Å². The van der Waals surface area contributed by atoms with Crippen LogP contribution in [0.1, 0.15) is 20.7 Å². The van der Waals surface area contributed by atoms with Crippen molar-refractivity contribution < 1.29 is 9.59 Å². The third kappa shape index (κ3) is 3.20. The minimum absolute atomic E-state index is 0.0933. The first kappa shape index (κ1) is 13.7. The minimum atomic E-state index is -0.234. The third-order valence-electron chi connectivity index (χ3n) is 2.72. The average Bonchev–Trinajstić information content (AvgIpc) is 2.47. The summed E-state index contributed by atoms with van der Waals surface area (Å²) in [6.45, 7) is 0. The van der Waals surface area contributed by atoms with Crippen molar-refractivity contribution in [2.75, 3.05) is 19.4 Å². The summed E-state index contributed by atoms with van der Waals surface area (Å²) in [5.74, 6) is -0.328. The zero-order chi connectivity index (χ0) is 14.5. The van der Waals surface area contributed by atoms with Crippen LogP contribution in [-0.4, -0.2) is 35.8 Å². The molecule has 5 nitrogen and oxygen atoms in total. The van der Waals surface area contributed by atoms with Crippen molar-refractivity contribution >= 4 is 17.5 Å². The highest BCUT2D eigenvalue weighted by Gasteiger charge is 2.10. The van der Waals surface area contributed by atoms with Gasteiger partial charge in [-0.2, -0.15) is 0 Å². The van der Waals surface area contributed by atoms with Crippen LogP contribution in [-0.2, 0) is 0 Å². The fourth-order valence-electron chi connectivity index (χ4n) is 1.66. The van der Waals surface area contributed by atoms with Crippen LogP contribution in [0.25, 0.3) is 0 Å². The smallest absolute Gasteiger partial charge is 0.255 e. The SMILES string of the molecule is CN(C)C(=O)c1ccc(C(=O)Nc2cccnc2)cc1. The zero-order valence-corrected chi connectivity index (χ0v) is 11.3. The molecule has 0 bridgehead atoms. The summed E-state index contributed by atoms with van der Waals surface area (Å²) in [5.41, 5.74) is 1.67. The second kappa shape index (κ2) is 5.97. The molecular formula is C15H15N3O2. The van der Waals surface area contributed by atoms with E-state index in [0.717, 1.165) is 0 Å². The van der Waals surface area contributed by atoms with Gasteiger partial charge < -0.3 is 10.2 Å². The number of amides is 2. The lowest BCUT2D eigenvalue weighted by molar-refractivity contribution is 0.0827. The quantitative estimate of drug-likeness (QED) is 0.927. The van der Waals surface area contributed by atoms with E-state index in [1.165, 1.54) is 4.90 Å². The van der Waals surface area contributed by atoms with Crippen LogP contribution in [0.2, 0.25) is 0 Å². The first-order chi connectivity index (χ1) is 9.58. The molecule has 0 radical (unpaired) electrons. The molecule has 1 aromatic carbocycles. The number of nitrogens with zero attached hydrogens (tertiary/aromatic N) is 2. The van der Waals surface area contributed by atoms with Crippen molar-refractivity contribution in [3.63, 3.8) is 0 Å². The molecule has 102 valence electrons. The van der Waals surface area contributed by atoms with Crippen LogP contribution >= 0.6 is 0 Å². The highest BCUT2D eigenvalue weighted by molar-refractivity contribution is 6.05. The Morgan fingerprint density at radius 3 is 2.25 bits per heavy atom. The van der Waals surface area contributed by atoms with Crippen molar-refractivity contribution in [1.29, 1.82) is 0 Å². The van der Waals surface area contributed by atoms with Crippen LogP contribution in [0, 0.1) is 0 Å². The van der Waals surface area contributed by atoms with Gasteiger partial charge in [-0.1, -0.05) is 0 Å². The van der Waals surface area contributed by atoms with Crippen molar-refractivity contribution in [1.82, 2.24) is 9.88 Å². The second-order valence-electron chi connectivity index (χ2n) is 4.47. The fourth-order valence-corrected chi connectivity index (χ4v) is 1.66. The molecule has 0 atom stereocenters. The number of pyridine rings is 1. The number of carbonyl (C=O) groups is 2. The number of nitrogens with one attached hydrogen (secondary N) is 1. The van der Waals surface area contributed by atoms with Gasteiger partial charge >= 0.3 is 0 Å². The lowest BCUT2D eigenvalue weighted by Crippen LogP contribution is -2.21. The van der Waals surface area contributed by atoms with Gasteiger partial charge in [-0.05, 0) is 36.4 Å². The summed E-state index contributed by atoms with van der Waals surface area (Å²) in [4.78, 5) is 29.1. The molecule has 1 aromatic heterocycles. The van der Waals surface area contributed by atoms with Gasteiger partial charge in [0.1, 0.15) is 0 Å². The first-order valence-corrected chi connectivity index (χ1v) is 6.11. The van der Waals surface area contributed by atoms with Crippen LogP contribution in [0.5, 0.6) is 0 Å². The Kier molecular flexibility index (Phi) is 4.10. The van der Waals surface area contributed by atoms with E-state index in [-0.39, 0.29) is 11.8 Å². The molecule has 1 heterocycles. The Hall–Kier alpha value is -2.69. The molecular weight excluding hydrogens is 254 g/mol. The molecule has 0 fully saturated rings. The largest absolute Gasteiger partial charge is 0.345 e. The first-order valence-electron chi connectivity index (χ1n) is 6.11. The molecule has 2 aromatic rings. The molecule has 0 saturated carbocycles. The van der Waals surface area contributed by atoms with E-state index >= 15 is 0 Å². The van der Waals surface area contributed by atoms with Gasteiger partial charge in [0.15, 0.2) is 0 Å². The van der Waals surface area contributed by atoms with Gasteiger partial charge in [0.25, 0.3) is 11.8 Å². The molecule has 2 amide bonds. The molecule has 0 unspecified atom stereocenters. The van der Waals surface area contributed by atoms with E-state index in [0.29, 0.717) is 16.8 Å². The van der Waals surface area contributed by atoms with Crippen LogP contribution in [0.4, 0.5) is 5.69 Å². The number of benzene rings is 1. The van der Waals surface area contributed by atoms with E-state index in [4.69, 9.17) is 0 Å². The predicted molar refractivity (Wildman–Crippen MR) is 76.6 cm³/mol. The highest BCUT2D eigenvalue weighted by Crippen LogP contribution is 2.10. The standard InChI is InChI=1S/C15H15N3O2/c1-18(2)15(20)12-7-5-11(6-8-12)14(19)17-13-4-3-9-16-10-13/h3-10H,1-2H3,(H,17,19). The number of hydrogen-bond donors (Lipinski definition) is 1. The van der Waals surface area contributed by atoms with E-state index in [1.807, 2.05) is 0 Å². The summed E-state index contributed by atoms with van der Waals surface area (Å²) < 4.78 is 0. The molecule has 1 N–H and O–H groups in total. The van der Waals surface area contributed by atoms with Crippen LogP contribution < -0.4 is 5.32 Å². The van der Waals surface area contributed by atoms with Gasteiger partial charge in [-0.15, -0.1) is 0 Å². The van der Waals surface area contributed by atoms with Gasteiger partial charge in [0.05, 0.1) is 11.9 Å². The summed E-state index contributed by atoms with van der Waals surface area (Å²) in [5, 5.41) is 2.73. The number of rotatable bonds is 3. The van der Waals surface area contributed by atoms with E-state index in [9.17, 15) is 9.59 Å². The molecule has 2 rings (SSSR count). The summed E-state index contributed by atoms with van der Waals surface area (Å²) in [7, 11) is 3.37. The molecule has 0 saturated heterocycles. The predicted octanol–water partition coefficient (Wildman–Crippen LogP) is 2.04. The van der Waals surface area contributed by atoms with Crippen LogP contribution in [0.15, 0.2) is 48.8 Å². The maximum Gasteiger partial charge on any atom is 0.255 e. The van der Waals surface area contributed by atoms with E-state index in [2.05, 4.69) is 10.3 Å². The maximum absolute atomic E-state index is 12.0. The van der Waals surface area contributed by atoms with Gasteiger partial charge in [-0.3, -0.25) is 14.6 Å². The van der Waals surface area contributed by atoms with Crippen molar-refractivity contribution in [2.45, 2.75) is 0 Å². The Balaban J connectivity index is 2.10. The lowest BCUT2D eigenvalue weighted by Gasteiger charge is -2.10. The number of aromatic nitrogens is 1. The molecule has 0 aliphatic carbocycles. The van der Waals surface area contributed by atoms with Gasteiger partial charge in [-0.25, -0.2) is 0 Å². The Morgan fingerprint density at radius 1 is 1.05 bits per heavy atom. The minimum Gasteiger partial charge on any atom is -0.345 e. The van der Waals surface area contributed by atoms with Crippen molar-refractivity contribution in [3.05, 3.63) is 59.9 Å². The Morgan fingerprint density at radius 2 is 1.70 bits per heavy atom. The summed E-state index contributed by atoms with van der Waals surface area (Å²) >= 11 is 0. The lowest BCUT2D eigenvalue weighted by atomic mass is 10.1. The fraction of sp³-hybridized carbons (Fsp3) is 0.133. The monoisotopic (exact) mass is 269 g/mol. The Bertz CT molecular complexity index is 607. The normalized spacial score (nSPS) is 9.90. The molecule has 0 aliphatic rings. The molecule has 20 heavy (non-hydrogen) atoms. The Labute approximate surface area is 117 Å². The summed E-state index contributed by atoms with van der Waals surface area (Å²) in [6, 6.07) is 10.0. The van der Waals surface area contributed by atoms with Crippen molar-refractivity contribution in [3.8, 4) is 0 Å². The summed E-state index contributed by atoms with van der Waals surface area (Å²) in [6.07, 6.45) is 3.21. The van der Waals surface area contributed by atoms with E-state index in [1.54, 1.807) is 62.9 Å². The molecule has 0 aliphatic heterocycles.